The van der Waals surface area contributed by atoms with E-state index in [9.17, 15) is 14.0 Å². The van der Waals surface area contributed by atoms with Crippen LogP contribution in [0.5, 0.6) is 11.5 Å². The Bertz CT molecular complexity index is 1160. The van der Waals surface area contributed by atoms with Crippen molar-refractivity contribution in [1.82, 2.24) is 4.90 Å². The molecule has 0 saturated carbocycles. The largest absolute Gasteiger partial charge is 0.497 e. The highest BCUT2D eigenvalue weighted by Crippen LogP contribution is 2.30. The van der Waals surface area contributed by atoms with E-state index in [4.69, 9.17) is 9.47 Å². The maximum absolute atomic E-state index is 13.9. The number of methoxy groups -OCH3 is 1. The van der Waals surface area contributed by atoms with Crippen molar-refractivity contribution in [1.29, 1.82) is 0 Å². The fourth-order valence-electron chi connectivity index (χ4n) is 3.65. The van der Waals surface area contributed by atoms with Crippen molar-refractivity contribution in [3.05, 3.63) is 89.2 Å². The zero-order chi connectivity index (χ0) is 22.7. The minimum Gasteiger partial charge on any atom is -0.497 e. The highest BCUT2D eigenvalue weighted by atomic mass is 19.1. The van der Waals surface area contributed by atoms with E-state index < -0.39 is 17.8 Å². The van der Waals surface area contributed by atoms with Crippen LogP contribution in [0.4, 0.5) is 10.1 Å². The molecular weight excluding hydrogens is 411 g/mol. The van der Waals surface area contributed by atoms with Gasteiger partial charge in [-0.2, -0.15) is 0 Å². The first kappa shape index (κ1) is 21.4. The molecule has 0 saturated heterocycles. The first-order valence-electron chi connectivity index (χ1n) is 10.2. The van der Waals surface area contributed by atoms with Gasteiger partial charge in [-0.15, -0.1) is 0 Å². The van der Waals surface area contributed by atoms with Crippen LogP contribution in [0.15, 0.2) is 66.7 Å². The van der Waals surface area contributed by atoms with Gasteiger partial charge >= 0.3 is 0 Å². The third-order valence-corrected chi connectivity index (χ3v) is 5.27. The number of hydrogen-bond donors (Lipinski definition) is 1. The molecule has 0 fully saturated rings. The van der Waals surface area contributed by atoms with Crippen molar-refractivity contribution in [3.63, 3.8) is 0 Å². The summed E-state index contributed by atoms with van der Waals surface area (Å²) >= 11 is 0. The number of benzene rings is 3. The number of nitrogens with zero attached hydrogens (tertiary/aromatic N) is 1. The molecule has 2 amide bonds. The van der Waals surface area contributed by atoms with Gasteiger partial charge in [0.25, 0.3) is 11.8 Å². The van der Waals surface area contributed by atoms with Crippen LogP contribution in [0.3, 0.4) is 0 Å². The Morgan fingerprint density at radius 3 is 2.75 bits per heavy atom. The summed E-state index contributed by atoms with van der Waals surface area (Å²) in [5, 5.41) is 2.72. The Morgan fingerprint density at radius 2 is 1.97 bits per heavy atom. The maximum Gasteiger partial charge on any atom is 0.263 e. The molecule has 0 radical (unpaired) electrons. The number of rotatable bonds is 5. The number of ether oxygens (including phenoxy) is 2. The molecule has 3 aromatic rings. The van der Waals surface area contributed by atoms with E-state index in [0.717, 1.165) is 11.1 Å². The van der Waals surface area contributed by atoms with Gasteiger partial charge in [-0.1, -0.05) is 24.3 Å². The second-order valence-electron chi connectivity index (χ2n) is 7.56. The quantitative estimate of drug-likeness (QED) is 0.647. The molecular formula is C25H23FN2O4. The molecule has 3 aromatic carbocycles. The van der Waals surface area contributed by atoms with E-state index in [1.54, 1.807) is 43.2 Å². The molecule has 1 atom stereocenters. The minimum absolute atomic E-state index is 0.0397. The molecule has 1 N–H and O–H groups in total. The topological polar surface area (TPSA) is 67.9 Å². The van der Waals surface area contributed by atoms with Crippen LogP contribution in [0, 0.1) is 5.82 Å². The van der Waals surface area contributed by atoms with Crippen LogP contribution in [0.1, 0.15) is 28.4 Å². The fraction of sp³-hybridized carbons (Fsp3) is 0.200. The Kier molecular flexibility index (Phi) is 6.07. The molecule has 0 unspecified atom stereocenters. The zero-order valence-electron chi connectivity index (χ0n) is 17.8. The van der Waals surface area contributed by atoms with Crippen molar-refractivity contribution >= 4 is 17.5 Å². The Morgan fingerprint density at radius 1 is 1.16 bits per heavy atom. The van der Waals surface area contributed by atoms with Crippen LogP contribution >= 0.6 is 0 Å². The predicted molar refractivity (Wildman–Crippen MR) is 118 cm³/mol. The highest BCUT2D eigenvalue weighted by molar-refractivity contribution is 6.04. The highest BCUT2D eigenvalue weighted by Gasteiger charge is 2.28. The van der Waals surface area contributed by atoms with Crippen LogP contribution in [0.25, 0.3) is 0 Å². The lowest BCUT2D eigenvalue weighted by atomic mass is 10.1. The maximum atomic E-state index is 13.9. The molecule has 0 bridgehead atoms. The smallest absolute Gasteiger partial charge is 0.263 e. The average Bonchev–Trinajstić information content (AvgIpc) is 2.90. The summed E-state index contributed by atoms with van der Waals surface area (Å²) < 4.78 is 25.1. The summed E-state index contributed by atoms with van der Waals surface area (Å²) in [5.41, 5.74) is 2.13. The predicted octanol–water partition coefficient (Wildman–Crippen LogP) is 4.40. The van der Waals surface area contributed by atoms with Crippen LogP contribution < -0.4 is 14.8 Å². The van der Waals surface area contributed by atoms with Gasteiger partial charge in [0.05, 0.1) is 12.7 Å². The number of amides is 2. The molecule has 7 heteroatoms. The van der Waals surface area contributed by atoms with E-state index >= 15 is 0 Å². The van der Waals surface area contributed by atoms with Gasteiger partial charge in [-0.05, 0) is 55.0 Å². The number of carbonyl (C=O) groups excluding carboxylic acids is 2. The molecule has 0 aliphatic carbocycles. The van der Waals surface area contributed by atoms with Crippen LogP contribution in [-0.2, 0) is 17.9 Å². The molecule has 164 valence electrons. The third-order valence-electron chi connectivity index (χ3n) is 5.27. The summed E-state index contributed by atoms with van der Waals surface area (Å²) in [6.45, 7) is 2.40. The zero-order valence-corrected chi connectivity index (χ0v) is 17.8. The summed E-state index contributed by atoms with van der Waals surface area (Å²) in [7, 11) is 1.60. The number of nitrogens with one attached hydrogen (secondary N) is 1. The summed E-state index contributed by atoms with van der Waals surface area (Å²) in [6, 6.07) is 18.5. The number of halogens is 1. The Labute approximate surface area is 185 Å². The van der Waals surface area contributed by atoms with Gasteiger partial charge in [-0.3, -0.25) is 9.59 Å². The average molecular weight is 434 g/mol. The third kappa shape index (κ3) is 4.56. The lowest BCUT2D eigenvalue weighted by Crippen LogP contribution is -2.37. The van der Waals surface area contributed by atoms with E-state index in [1.165, 1.54) is 18.2 Å². The van der Waals surface area contributed by atoms with E-state index in [0.29, 0.717) is 30.3 Å². The van der Waals surface area contributed by atoms with Gasteiger partial charge in [0, 0.05) is 24.3 Å². The first-order valence-corrected chi connectivity index (χ1v) is 10.2. The summed E-state index contributed by atoms with van der Waals surface area (Å²) in [5.74, 6) is 0.0127. The Balaban J connectivity index is 1.57. The van der Waals surface area contributed by atoms with Gasteiger partial charge in [-0.25, -0.2) is 4.39 Å². The van der Waals surface area contributed by atoms with Crippen LogP contribution in [-0.4, -0.2) is 29.9 Å². The minimum atomic E-state index is -0.652. The van der Waals surface area contributed by atoms with Crippen molar-refractivity contribution < 1.29 is 23.5 Å². The van der Waals surface area contributed by atoms with Crippen molar-refractivity contribution in [3.8, 4) is 11.5 Å². The van der Waals surface area contributed by atoms with E-state index in [-0.39, 0.29) is 11.5 Å². The number of fused-ring (bicyclic) bond motifs is 1. The fourth-order valence-corrected chi connectivity index (χ4v) is 3.65. The number of anilines is 1. The summed E-state index contributed by atoms with van der Waals surface area (Å²) in [4.78, 5) is 27.1. The Hall–Kier alpha value is -3.87. The van der Waals surface area contributed by atoms with Crippen molar-refractivity contribution in [2.75, 3.05) is 12.4 Å². The van der Waals surface area contributed by atoms with Gasteiger partial charge < -0.3 is 19.7 Å². The van der Waals surface area contributed by atoms with E-state index in [1.807, 2.05) is 24.3 Å². The molecule has 1 aliphatic rings. The van der Waals surface area contributed by atoms with Crippen molar-refractivity contribution in [2.24, 2.45) is 0 Å². The number of hydrogen-bond acceptors (Lipinski definition) is 4. The molecule has 4 rings (SSSR count). The molecule has 1 aliphatic heterocycles. The van der Waals surface area contributed by atoms with Gasteiger partial charge in [0.15, 0.2) is 6.10 Å². The normalized spacial score (nSPS) is 15.4. The molecule has 0 aromatic heterocycles. The van der Waals surface area contributed by atoms with Gasteiger partial charge in [0.1, 0.15) is 17.3 Å². The second kappa shape index (κ2) is 9.09. The number of carbonyl (C=O) groups is 2. The summed E-state index contributed by atoms with van der Waals surface area (Å²) in [6.07, 6.45) is -0.652. The lowest BCUT2D eigenvalue weighted by molar-refractivity contribution is -0.138. The first-order chi connectivity index (χ1) is 15.4. The second-order valence-corrected chi connectivity index (χ2v) is 7.56. The van der Waals surface area contributed by atoms with E-state index in [2.05, 4.69) is 5.32 Å². The molecule has 6 nitrogen and oxygen atoms in total. The lowest BCUT2D eigenvalue weighted by Gasteiger charge is -2.22. The van der Waals surface area contributed by atoms with Crippen LogP contribution in [0.2, 0.25) is 0 Å². The monoisotopic (exact) mass is 434 g/mol. The standard InChI is InChI=1S/C25H23FN2O4/c1-16-25(30)28(14-17-6-5-7-20(12-17)31-2)15-18-13-19(10-11-23(18)32-16)27-24(29)21-8-3-4-9-22(21)26/h3-13,16H,14-15H2,1-2H3,(H,27,29)/t16-/m0/s1. The molecule has 1 heterocycles. The molecule has 32 heavy (non-hydrogen) atoms. The van der Waals surface area contributed by atoms with Gasteiger partial charge in [0.2, 0.25) is 0 Å². The SMILES string of the molecule is COc1cccc(CN2Cc3cc(NC(=O)c4ccccc4F)ccc3O[C@@H](C)C2=O)c1. The molecule has 0 spiro atoms. The van der Waals surface area contributed by atoms with Crippen molar-refractivity contribution in [2.45, 2.75) is 26.1 Å².